The molecule has 1 heterocycles. The normalized spacial score (nSPS) is 12.7. The molecule has 2 aromatic rings. The molecule has 0 fully saturated rings. The van der Waals surface area contributed by atoms with Gasteiger partial charge in [0.15, 0.2) is 4.34 Å². The first-order valence-corrected chi connectivity index (χ1v) is 7.05. The molecule has 0 amide bonds. The Morgan fingerprint density at radius 2 is 2.18 bits per heavy atom. The molecule has 90 valence electrons. The first kappa shape index (κ1) is 12.8. The molecule has 0 N–H and O–H groups in total. The highest BCUT2D eigenvalue weighted by Gasteiger charge is 2.12. The van der Waals surface area contributed by atoms with E-state index in [0.717, 1.165) is 14.9 Å². The summed E-state index contributed by atoms with van der Waals surface area (Å²) in [7, 11) is 0. The lowest BCUT2D eigenvalue weighted by molar-refractivity contribution is 0.627. The molecule has 0 aliphatic carbocycles. The molecule has 2 rings (SSSR count). The molecule has 0 saturated heterocycles. The average molecular weight is 289 g/mol. The van der Waals surface area contributed by atoms with Gasteiger partial charge >= 0.3 is 0 Å². The van der Waals surface area contributed by atoms with Crippen LogP contribution in [-0.4, -0.2) is 10.2 Å². The fourth-order valence-corrected chi connectivity index (χ4v) is 3.58. The van der Waals surface area contributed by atoms with Crippen LogP contribution in [0.2, 0.25) is 5.02 Å². The number of thioether (sulfide) groups is 1. The maximum absolute atomic E-state index is 13.0. The van der Waals surface area contributed by atoms with Crippen molar-refractivity contribution in [1.29, 1.82) is 0 Å². The van der Waals surface area contributed by atoms with E-state index >= 15 is 0 Å². The Bertz CT molecular complexity index is 530. The third-order valence-electron chi connectivity index (χ3n) is 2.20. The van der Waals surface area contributed by atoms with Crippen molar-refractivity contribution in [2.75, 3.05) is 0 Å². The lowest BCUT2D eigenvalue weighted by Crippen LogP contribution is -1.89. The van der Waals surface area contributed by atoms with Crippen molar-refractivity contribution in [2.45, 2.75) is 23.4 Å². The number of hydrogen-bond donors (Lipinski definition) is 0. The zero-order chi connectivity index (χ0) is 12.4. The van der Waals surface area contributed by atoms with E-state index in [2.05, 4.69) is 10.2 Å². The zero-order valence-corrected chi connectivity index (χ0v) is 11.7. The third-order valence-corrected chi connectivity index (χ3v) is 4.57. The SMILES string of the molecule is Cc1nnc(SC(C)c2ccc(F)c(Cl)c2)s1. The van der Waals surface area contributed by atoms with Gasteiger partial charge in [-0.1, -0.05) is 40.8 Å². The Labute approximate surface area is 112 Å². The quantitative estimate of drug-likeness (QED) is 0.778. The number of aryl methyl sites for hydroxylation is 1. The van der Waals surface area contributed by atoms with Crippen LogP contribution in [0.15, 0.2) is 22.5 Å². The summed E-state index contributed by atoms with van der Waals surface area (Å²) in [4.78, 5) is 0. The second-order valence-electron chi connectivity index (χ2n) is 3.52. The molecule has 0 aliphatic rings. The highest BCUT2D eigenvalue weighted by Crippen LogP contribution is 2.37. The van der Waals surface area contributed by atoms with Gasteiger partial charge in [-0.05, 0) is 31.5 Å². The minimum atomic E-state index is -0.389. The van der Waals surface area contributed by atoms with Gasteiger partial charge < -0.3 is 0 Å². The Balaban J connectivity index is 2.14. The van der Waals surface area contributed by atoms with E-state index in [1.165, 1.54) is 6.07 Å². The van der Waals surface area contributed by atoms with Crippen molar-refractivity contribution >= 4 is 34.7 Å². The maximum Gasteiger partial charge on any atom is 0.174 e. The van der Waals surface area contributed by atoms with Crippen molar-refractivity contribution < 1.29 is 4.39 Å². The van der Waals surface area contributed by atoms with E-state index in [1.54, 1.807) is 35.2 Å². The largest absolute Gasteiger partial charge is 0.205 e. The van der Waals surface area contributed by atoms with Gasteiger partial charge in [-0.3, -0.25) is 0 Å². The van der Waals surface area contributed by atoms with E-state index in [9.17, 15) is 4.39 Å². The predicted octanol–water partition coefficient (Wildman–Crippen LogP) is 4.49. The van der Waals surface area contributed by atoms with Gasteiger partial charge in [-0.2, -0.15) is 0 Å². The number of halogens is 2. The van der Waals surface area contributed by atoms with Crippen LogP contribution in [0.1, 0.15) is 22.7 Å². The van der Waals surface area contributed by atoms with Gasteiger partial charge in [-0.15, -0.1) is 10.2 Å². The van der Waals surface area contributed by atoms with E-state index in [4.69, 9.17) is 11.6 Å². The molecule has 1 atom stereocenters. The molecule has 1 aromatic carbocycles. The number of nitrogens with zero attached hydrogens (tertiary/aromatic N) is 2. The minimum absolute atomic E-state index is 0.156. The number of hydrogen-bond acceptors (Lipinski definition) is 4. The summed E-state index contributed by atoms with van der Waals surface area (Å²) in [6.45, 7) is 3.95. The molecule has 6 heteroatoms. The van der Waals surface area contributed by atoms with Crippen molar-refractivity contribution in [2.24, 2.45) is 0 Å². The topological polar surface area (TPSA) is 25.8 Å². The highest BCUT2D eigenvalue weighted by atomic mass is 35.5. The van der Waals surface area contributed by atoms with E-state index < -0.39 is 0 Å². The van der Waals surface area contributed by atoms with Gasteiger partial charge in [0.05, 0.1) is 5.02 Å². The summed E-state index contributed by atoms with van der Waals surface area (Å²) in [5.74, 6) is -0.389. The van der Waals surface area contributed by atoms with E-state index in [-0.39, 0.29) is 16.1 Å². The summed E-state index contributed by atoms with van der Waals surface area (Å²) in [6, 6.07) is 4.79. The third kappa shape index (κ3) is 3.18. The van der Waals surface area contributed by atoms with Crippen LogP contribution in [0, 0.1) is 12.7 Å². The van der Waals surface area contributed by atoms with Crippen LogP contribution in [0.4, 0.5) is 4.39 Å². The number of rotatable bonds is 3. The second-order valence-corrected chi connectivity index (χ2v) is 6.70. The predicted molar refractivity (Wildman–Crippen MR) is 70.3 cm³/mol. The first-order chi connectivity index (χ1) is 8.06. The Morgan fingerprint density at radius 3 is 2.76 bits per heavy atom. The molecule has 0 aliphatic heterocycles. The lowest BCUT2D eigenvalue weighted by atomic mass is 10.2. The molecule has 2 nitrogen and oxygen atoms in total. The molecular weight excluding hydrogens is 279 g/mol. The molecule has 1 aromatic heterocycles. The van der Waals surface area contributed by atoms with Crippen LogP contribution in [-0.2, 0) is 0 Å². The molecular formula is C11H10ClFN2S2. The standard InChI is InChI=1S/C11H10ClFN2S2/c1-6(16-11-15-14-7(2)17-11)8-3-4-10(13)9(12)5-8/h3-6H,1-2H3. The van der Waals surface area contributed by atoms with Crippen LogP contribution in [0.25, 0.3) is 0 Å². The fourth-order valence-electron chi connectivity index (χ4n) is 1.31. The molecule has 17 heavy (non-hydrogen) atoms. The van der Waals surface area contributed by atoms with Gasteiger partial charge in [0.1, 0.15) is 10.8 Å². The molecule has 0 saturated carbocycles. The van der Waals surface area contributed by atoms with Crippen LogP contribution in [0.3, 0.4) is 0 Å². The van der Waals surface area contributed by atoms with Gasteiger partial charge in [0.2, 0.25) is 0 Å². The molecule has 0 spiro atoms. The van der Waals surface area contributed by atoms with Crippen LogP contribution < -0.4 is 0 Å². The van der Waals surface area contributed by atoms with Crippen molar-refractivity contribution in [3.8, 4) is 0 Å². The minimum Gasteiger partial charge on any atom is -0.205 e. The average Bonchev–Trinajstić information content (AvgIpc) is 2.68. The van der Waals surface area contributed by atoms with E-state index in [0.29, 0.717) is 0 Å². The van der Waals surface area contributed by atoms with Gasteiger partial charge in [0, 0.05) is 5.25 Å². The summed E-state index contributed by atoms with van der Waals surface area (Å²) < 4.78 is 13.9. The molecule has 1 unspecified atom stereocenters. The highest BCUT2D eigenvalue weighted by molar-refractivity contribution is 8.01. The monoisotopic (exact) mass is 288 g/mol. The van der Waals surface area contributed by atoms with Crippen LogP contribution >= 0.6 is 34.7 Å². The molecule has 0 radical (unpaired) electrons. The smallest absolute Gasteiger partial charge is 0.174 e. The summed E-state index contributed by atoms with van der Waals surface area (Å²) in [6.07, 6.45) is 0. The molecule has 0 bridgehead atoms. The second kappa shape index (κ2) is 5.33. The van der Waals surface area contributed by atoms with E-state index in [1.807, 2.05) is 13.8 Å². The Morgan fingerprint density at radius 1 is 1.41 bits per heavy atom. The first-order valence-electron chi connectivity index (χ1n) is 4.98. The summed E-state index contributed by atoms with van der Waals surface area (Å²) in [5.41, 5.74) is 0.981. The zero-order valence-electron chi connectivity index (χ0n) is 9.28. The van der Waals surface area contributed by atoms with Gasteiger partial charge in [-0.25, -0.2) is 4.39 Å². The Kier molecular flexibility index (Phi) is 4.01. The summed E-state index contributed by atoms with van der Waals surface area (Å²) in [5, 5.41) is 9.27. The van der Waals surface area contributed by atoms with Crippen molar-refractivity contribution in [3.63, 3.8) is 0 Å². The van der Waals surface area contributed by atoms with Gasteiger partial charge in [0.25, 0.3) is 0 Å². The van der Waals surface area contributed by atoms with Crippen LogP contribution in [0.5, 0.6) is 0 Å². The fraction of sp³-hybridized carbons (Fsp3) is 0.273. The van der Waals surface area contributed by atoms with Crippen molar-refractivity contribution in [1.82, 2.24) is 10.2 Å². The lowest BCUT2D eigenvalue weighted by Gasteiger charge is -2.09. The summed E-state index contributed by atoms with van der Waals surface area (Å²) >= 11 is 8.90. The Hall–Kier alpha value is -0.650. The number of aromatic nitrogens is 2. The van der Waals surface area contributed by atoms with Crippen molar-refractivity contribution in [3.05, 3.63) is 39.6 Å². The number of benzene rings is 1. The maximum atomic E-state index is 13.0.